The molecular formula is C22H17ClN6O2. The number of nitrogens with one attached hydrogen (secondary N) is 1. The number of aromatic nitrogens is 3. The van der Waals surface area contributed by atoms with Crippen molar-refractivity contribution >= 4 is 46.8 Å². The minimum atomic E-state index is -0.468. The van der Waals surface area contributed by atoms with Crippen LogP contribution in [-0.2, 0) is 16.0 Å². The lowest BCUT2D eigenvalue weighted by molar-refractivity contribution is -0.123. The van der Waals surface area contributed by atoms with Gasteiger partial charge >= 0.3 is 0 Å². The van der Waals surface area contributed by atoms with Crippen LogP contribution < -0.4 is 10.2 Å². The van der Waals surface area contributed by atoms with E-state index in [0.717, 1.165) is 17.7 Å². The first-order valence-electron chi connectivity index (χ1n) is 9.67. The first kappa shape index (κ1) is 19.2. The van der Waals surface area contributed by atoms with Crippen molar-refractivity contribution in [3.05, 3.63) is 77.5 Å². The number of rotatable bonds is 2. The monoisotopic (exact) mass is 432 g/mol. The molecule has 3 aliphatic rings. The van der Waals surface area contributed by atoms with Crippen LogP contribution in [0.25, 0.3) is 11.2 Å². The number of halogens is 1. The van der Waals surface area contributed by atoms with Crippen molar-refractivity contribution in [2.24, 2.45) is 4.99 Å². The van der Waals surface area contributed by atoms with Crippen molar-refractivity contribution in [1.82, 2.24) is 19.9 Å². The normalized spacial score (nSPS) is 19.3. The van der Waals surface area contributed by atoms with Gasteiger partial charge in [-0.05, 0) is 25.0 Å². The largest absolute Gasteiger partial charge is 0.343 e. The van der Waals surface area contributed by atoms with Gasteiger partial charge in [-0.25, -0.2) is 9.50 Å². The molecule has 0 radical (unpaired) electrons. The predicted molar refractivity (Wildman–Crippen MR) is 118 cm³/mol. The van der Waals surface area contributed by atoms with Gasteiger partial charge in [0.2, 0.25) is 0 Å². The summed E-state index contributed by atoms with van der Waals surface area (Å²) >= 11 is 0. The van der Waals surface area contributed by atoms with Crippen LogP contribution in [0.15, 0.2) is 65.8 Å². The average molecular weight is 433 g/mol. The molecule has 1 unspecified atom stereocenters. The molecule has 2 aromatic heterocycles. The van der Waals surface area contributed by atoms with Gasteiger partial charge in [0.1, 0.15) is 0 Å². The van der Waals surface area contributed by atoms with Gasteiger partial charge in [-0.2, -0.15) is 5.10 Å². The van der Waals surface area contributed by atoms with Gasteiger partial charge in [-0.15, -0.1) is 12.4 Å². The summed E-state index contributed by atoms with van der Waals surface area (Å²) < 4.78 is 1.58. The molecule has 8 nitrogen and oxygen atoms in total. The number of fused-ring (bicyclic) bond motifs is 1. The Morgan fingerprint density at radius 3 is 2.81 bits per heavy atom. The van der Waals surface area contributed by atoms with Gasteiger partial charge in [0.15, 0.2) is 5.65 Å². The number of aliphatic imine (C=N–C) groups is 1. The number of hydrogen-bond donors (Lipinski definition) is 1. The van der Waals surface area contributed by atoms with Gasteiger partial charge in [-0.1, -0.05) is 18.2 Å². The summed E-state index contributed by atoms with van der Waals surface area (Å²) in [5, 5.41) is 6.71. The lowest BCUT2D eigenvalue weighted by Gasteiger charge is -2.21. The Morgan fingerprint density at radius 2 is 1.94 bits per heavy atom. The molecule has 0 bridgehead atoms. The van der Waals surface area contributed by atoms with Crippen LogP contribution in [0.4, 0.5) is 5.69 Å². The van der Waals surface area contributed by atoms with Crippen molar-refractivity contribution in [1.29, 1.82) is 0 Å². The second-order valence-electron chi connectivity index (χ2n) is 7.53. The van der Waals surface area contributed by atoms with Gasteiger partial charge in [0.05, 0.1) is 34.3 Å². The van der Waals surface area contributed by atoms with Crippen LogP contribution in [0.5, 0.6) is 0 Å². The maximum absolute atomic E-state index is 12.9. The van der Waals surface area contributed by atoms with E-state index < -0.39 is 11.8 Å². The second-order valence-corrected chi connectivity index (χ2v) is 7.53. The van der Waals surface area contributed by atoms with Crippen LogP contribution in [0, 0.1) is 0 Å². The first-order chi connectivity index (χ1) is 14.6. The van der Waals surface area contributed by atoms with Crippen molar-refractivity contribution in [3.8, 4) is 0 Å². The Morgan fingerprint density at radius 1 is 1.10 bits per heavy atom. The van der Waals surface area contributed by atoms with Crippen molar-refractivity contribution in [2.75, 3.05) is 4.90 Å². The smallest absolute Gasteiger partial charge is 0.261 e. The number of anilines is 1. The fourth-order valence-corrected chi connectivity index (χ4v) is 4.50. The summed E-state index contributed by atoms with van der Waals surface area (Å²) in [4.78, 5) is 36.9. The molecule has 5 heterocycles. The van der Waals surface area contributed by atoms with E-state index in [1.807, 2.05) is 18.3 Å². The maximum atomic E-state index is 12.9. The minimum Gasteiger partial charge on any atom is -0.343 e. The number of nitrogens with zero attached hydrogens (tertiary/aromatic N) is 5. The van der Waals surface area contributed by atoms with E-state index in [0.29, 0.717) is 23.0 Å². The zero-order chi connectivity index (χ0) is 20.4. The summed E-state index contributed by atoms with van der Waals surface area (Å²) in [6.45, 7) is 2.15. The maximum Gasteiger partial charge on any atom is 0.261 e. The molecule has 1 aromatic carbocycles. The average Bonchev–Trinajstić information content (AvgIpc) is 3.33. The highest BCUT2D eigenvalue weighted by Crippen LogP contribution is 2.40. The molecule has 154 valence electrons. The molecule has 0 saturated heterocycles. The number of amides is 2. The highest BCUT2D eigenvalue weighted by molar-refractivity contribution is 6.48. The predicted octanol–water partition coefficient (Wildman–Crippen LogP) is 2.29. The third-order valence-corrected chi connectivity index (χ3v) is 5.77. The molecule has 0 fully saturated rings. The van der Waals surface area contributed by atoms with Crippen molar-refractivity contribution in [3.63, 3.8) is 0 Å². The summed E-state index contributed by atoms with van der Waals surface area (Å²) in [7, 11) is 0. The number of hydrogen-bond acceptors (Lipinski definition) is 6. The summed E-state index contributed by atoms with van der Waals surface area (Å²) in [6.07, 6.45) is 9.47. The van der Waals surface area contributed by atoms with Gasteiger partial charge in [-0.3, -0.25) is 19.9 Å². The quantitative estimate of drug-likeness (QED) is 0.627. The third-order valence-electron chi connectivity index (χ3n) is 5.77. The van der Waals surface area contributed by atoms with Crippen molar-refractivity contribution < 1.29 is 9.59 Å². The summed E-state index contributed by atoms with van der Waals surface area (Å²) in [6, 6.07) is 8.06. The molecule has 0 spiro atoms. The number of imide groups is 1. The zero-order valence-corrected chi connectivity index (χ0v) is 17.3. The molecule has 6 rings (SSSR count). The highest BCUT2D eigenvalue weighted by atomic mass is 35.5. The Bertz CT molecular complexity index is 1370. The SMILES string of the molecule is CC1Cc2cccc3c2N1C=CN=C3C1=C(c2cnn3cccnc23)C(=O)NC1=O.Cl. The Hall–Kier alpha value is -3.78. The van der Waals surface area contributed by atoms with Crippen LogP contribution in [0.1, 0.15) is 23.6 Å². The molecule has 0 aliphatic carbocycles. The lowest BCUT2D eigenvalue weighted by atomic mass is 9.93. The Balaban J connectivity index is 0.00000204. The number of para-hydroxylation sites is 1. The van der Waals surface area contributed by atoms with E-state index in [4.69, 9.17) is 0 Å². The summed E-state index contributed by atoms with van der Waals surface area (Å²) in [5.41, 5.74) is 5.06. The van der Waals surface area contributed by atoms with E-state index >= 15 is 0 Å². The second kappa shape index (κ2) is 6.88. The zero-order valence-electron chi connectivity index (χ0n) is 16.4. The minimum absolute atomic E-state index is 0. The fourth-order valence-electron chi connectivity index (χ4n) is 4.50. The molecular weight excluding hydrogens is 416 g/mol. The van der Waals surface area contributed by atoms with Gasteiger partial charge in [0, 0.05) is 36.4 Å². The number of benzene rings is 1. The van der Waals surface area contributed by atoms with E-state index in [1.165, 1.54) is 5.56 Å². The molecule has 9 heteroatoms. The number of carbonyl (C=O) groups excluding carboxylic acids is 2. The third kappa shape index (κ3) is 2.65. The van der Waals surface area contributed by atoms with Gasteiger partial charge in [0.25, 0.3) is 11.8 Å². The lowest BCUT2D eigenvalue weighted by Crippen LogP contribution is -2.26. The van der Waals surface area contributed by atoms with E-state index in [2.05, 4.69) is 38.3 Å². The molecule has 2 amide bonds. The van der Waals surface area contributed by atoms with E-state index in [9.17, 15) is 9.59 Å². The molecule has 1 atom stereocenters. The molecule has 31 heavy (non-hydrogen) atoms. The first-order valence-corrected chi connectivity index (χ1v) is 9.67. The Labute approximate surface area is 183 Å². The van der Waals surface area contributed by atoms with Gasteiger partial charge < -0.3 is 4.90 Å². The highest BCUT2D eigenvalue weighted by Gasteiger charge is 2.39. The Kier molecular flexibility index (Phi) is 4.26. The van der Waals surface area contributed by atoms with Crippen LogP contribution in [0.2, 0.25) is 0 Å². The molecule has 3 aromatic rings. The van der Waals surface area contributed by atoms with Crippen LogP contribution in [0.3, 0.4) is 0 Å². The molecule has 3 aliphatic heterocycles. The molecule has 0 saturated carbocycles. The van der Waals surface area contributed by atoms with E-state index in [-0.39, 0.29) is 23.6 Å². The van der Waals surface area contributed by atoms with E-state index in [1.54, 1.807) is 35.4 Å². The van der Waals surface area contributed by atoms with Crippen LogP contribution >= 0.6 is 12.4 Å². The van der Waals surface area contributed by atoms with Crippen LogP contribution in [-0.4, -0.2) is 38.2 Å². The summed E-state index contributed by atoms with van der Waals surface area (Å²) in [5.74, 6) is -0.932. The fraction of sp³-hybridized carbons (Fsp3) is 0.136. The molecule has 1 N–H and O–H groups in total. The van der Waals surface area contributed by atoms with Crippen molar-refractivity contribution in [2.45, 2.75) is 19.4 Å². The standard InChI is InChI=1S/C22H16N6O2.ClH/c1-12-10-13-4-2-5-14-18(23-7-9-27(12)19(13)14)17-16(21(29)26-22(17)30)15-11-25-28-8-3-6-24-20(15)28;/h2-9,11-12H,10H2,1H3,(H,26,29,30);1H. The number of carbonyl (C=O) groups is 2. The topological polar surface area (TPSA) is 92.0 Å².